The second-order valence-corrected chi connectivity index (χ2v) is 5.40. The highest BCUT2D eigenvalue weighted by Crippen LogP contribution is 2.35. The lowest BCUT2D eigenvalue weighted by Gasteiger charge is -2.32. The van der Waals surface area contributed by atoms with E-state index >= 15 is 0 Å². The van der Waals surface area contributed by atoms with E-state index in [0.29, 0.717) is 12.7 Å². The summed E-state index contributed by atoms with van der Waals surface area (Å²) in [5.41, 5.74) is 1.20. The second kappa shape index (κ2) is 3.91. The summed E-state index contributed by atoms with van der Waals surface area (Å²) in [4.78, 5) is 0. The Labute approximate surface area is 102 Å². The molecule has 1 aromatic rings. The molecule has 3 nitrogen and oxygen atoms in total. The predicted molar refractivity (Wildman–Crippen MR) is 64.7 cm³/mol. The molecular formula is C14H18O3. The average Bonchev–Trinajstić information content (AvgIpc) is 3.09. The number of ether oxygens (including phenoxy) is 3. The van der Waals surface area contributed by atoms with Gasteiger partial charge in [0.05, 0.1) is 6.61 Å². The van der Waals surface area contributed by atoms with Crippen LogP contribution in [0.5, 0.6) is 11.5 Å². The minimum absolute atomic E-state index is 0.0444. The quantitative estimate of drug-likeness (QED) is 0.753. The normalized spacial score (nSPS) is 24.7. The smallest absolute Gasteiger partial charge is 0.123 e. The molecule has 0 amide bonds. The maximum atomic E-state index is 5.93. The van der Waals surface area contributed by atoms with Gasteiger partial charge in [-0.2, -0.15) is 0 Å². The summed E-state index contributed by atoms with van der Waals surface area (Å²) in [6, 6.07) is 6.08. The summed E-state index contributed by atoms with van der Waals surface area (Å²) in [6.07, 6.45) is 2.41. The van der Waals surface area contributed by atoms with Gasteiger partial charge in [0.25, 0.3) is 0 Å². The highest BCUT2D eigenvalue weighted by molar-refractivity contribution is 5.42. The van der Waals surface area contributed by atoms with E-state index in [4.69, 9.17) is 14.2 Å². The molecule has 1 atom stereocenters. The van der Waals surface area contributed by atoms with E-state index < -0.39 is 0 Å². The van der Waals surface area contributed by atoms with Gasteiger partial charge in [0, 0.05) is 0 Å². The van der Waals surface area contributed by atoms with E-state index in [9.17, 15) is 0 Å². The minimum atomic E-state index is -0.0444. The molecule has 2 heterocycles. The average molecular weight is 234 g/mol. The van der Waals surface area contributed by atoms with Crippen LogP contribution in [0, 0.1) is 0 Å². The molecule has 0 aliphatic carbocycles. The molecule has 1 fully saturated rings. The number of rotatable bonds is 3. The number of fused-ring (bicyclic) bond motifs is 1. The van der Waals surface area contributed by atoms with Gasteiger partial charge in [-0.3, -0.25) is 0 Å². The SMILES string of the molecule is CC1(C)CCc2cc(OCC3CO3)ccc2O1. The first-order valence-corrected chi connectivity index (χ1v) is 6.19. The van der Waals surface area contributed by atoms with Crippen molar-refractivity contribution >= 4 is 0 Å². The molecule has 3 rings (SSSR count). The van der Waals surface area contributed by atoms with Gasteiger partial charge in [0.1, 0.15) is 29.8 Å². The van der Waals surface area contributed by atoms with Gasteiger partial charge < -0.3 is 14.2 Å². The van der Waals surface area contributed by atoms with Crippen LogP contribution in [-0.4, -0.2) is 24.9 Å². The van der Waals surface area contributed by atoms with Crippen LogP contribution in [0.4, 0.5) is 0 Å². The zero-order valence-electron chi connectivity index (χ0n) is 10.4. The summed E-state index contributed by atoms with van der Waals surface area (Å²) in [5, 5.41) is 0. The molecule has 1 unspecified atom stereocenters. The van der Waals surface area contributed by atoms with Crippen LogP contribution in [0.25, 0.3) is 0 Å². The third-order valence-corrected chi connectivity index (χ3v) is 3.25. The number of epoxide rings is 1. The first-order chi connectivity index (χ1) is 8.12. The Kier molecular flexibility index (Phi) is 2.51. The van der Waals surface area contributed by atoms with E-state index in [2.05, 4.69) is 19.9 Å². The molecule has 3 heteroatoms. The number of hydrogen-bond donors (Lipinski definition) is 0. The van der Waals surface area contributed by atoms with E-state index in [1.54, 1.807) is 0 Å². The molecule has 17 heavy (non-hydrogen) atoms. The van der Waals surface area contributed by atoms with Crippen LogP contribution in [0.3, 0.4) is 0 Å². The van der Waals surface area contributed by atoms with Crippen molar-refractivity contribution in [2.75, 3.05) is 13.2 Å². The third kappa shape index (κ3) is 2.55. The molecular weight excluding hydrogens is 216 g/mol. The van der Waals surface area contributed by atoms with Crippen molar-refractivity contribution in [1.82, 2.24) is 0 Å². The van der Waals surface area contributed by atoms with E-state index in [-0.39, 0.29) is 5.60 Å². The van der Waals surface area contributed by atoms with Gasteiger partial charge in [-0.05, 0) is 50.5 Å². The lowest BCUT2D eigenvalue weighted by molar-refractivity contribution is 0.0844. The first kappa shape index (κ1) is 10.9. The van der Waals surface area contributed by atoms with Gasteiger partial charge in [-0.25, -0.2) is 0 Å². The lowest BCUT2D eigenvalue weighted by Crippen LogP contribution is -2.32. The Balaban J connectivity index is 1.72. The monoisotopic (exact) mass is 234 g/mol. The number of aryl methyl sites for hydroxylation is 1. The van der Waals surface area contributed by atoms with Crippen LogP contribution < -0.4 is 9.47 Å². The second-order valence-electron chi connectivity index (χ2n) is 5.40. The molecule has 0 saturated carbocycles. The fraction of sp³-hybridized carbons (Fsp3) is 0.571. The van der Waals surface area contributed by atoms with Crippen LogP contribution >= 0.6 is 0 Å². The molecule has 2 aliphatic rings. The zero-order valence-corrected chi connectivity index (χ0v) is 10.4. The molecule has 0 bridgehead atoms. The van der Waals surface area contributed by atoms with Gasteiger partial charge >= 0.3 is 0 Å². The molecule has 0 spiro atoms. The lowest BCUT2D eigenvalue weighted by atomic mass is 9.94. The fourth-order valence-corrected chi connectivity index (χ4v) is 2.08. The molecule has 0 aromatic heterocycles. The largest absolute Gasteiger partial charge is 0.491 e. The molecule has 1 aromatic carbocycles. The molecule has 92 valence electrons. The Morgan fingerprint density at radius 3 is 3.00 bits per heavy atom. The van der Waals surface area contributed by atoms with Gasteiger partial charge in [0.15, 0.2) is 0 Å². The van der Waals surface area contributed by atoms with Gasteiger partial charge in [-0.1, -0.05) is 0 Å². The predicted octanol–water partition coefficient (Wildman–Crippen LogP) is 2.57. The minimum Gasteiger partial charge on any atom is -0.491 e. The van der Waals surface area contributed by atoms with Crippen molar-refractivity contribution in [2.45, 2.75) is 38.4 Å². The zero-order chi connectivity index (χ0) is 11.9. The Morgan fingerprint density at radius 1 is 1.41 bits per heavy atom. The van der Waals surface area contributed by atoms with E-state index in [1.807, 2.05) is 12.1 Å². The summed E-state index contributed by atoms with van der Waals surface area (Å²) in [5.74, 6) is 1.92. The van der Waals surface area contributed by atoms with Crippen molar-refractivity contribution in [1.29, 1.82) is 0 Å². The van der Waals surface area contributed by atoms with Gasteiger partial charge in [0.2, 0.25) is 0 Å². The van der Waals surface area contributed by atoms with Crippen molar-refractivity contribution in [2.24, 2.45) is 0 Å². The number of hydrogen-bond acceptors (Lipinski definition) is 3. The molecule has 1 saturated heterocycles. The van der Waals surface area contributed by atoms with Crippen molar-refractivity contribution in [3.8, 4) is 11.5 Å². The summed E-state index contributed by atoms with van der Waals surface area (Å²) < 4.78 is 16.7. The van der Waals surface area contributed by atoms with Crippen LogP contribution in [0.2, 0.25) is 0 Å². The summed E-state index contributed by atoms with van der Waals surface area (Å²) in [6.45, 7) is 5.75. The highest BCUT2D eigenvalue weighted by atomic mass is 16.6. The number of benzene rings is 1. The Bertz CT molecular complexity index is 421. The summed E-state index contributed by atoms with van der Waals surface area (Å²) in [7, 11) is 0. The highest BCUT2D eigenvalue weighted by Gasteiger charge is 2.27. The van der Waals surface area contributed by atoms with E-state index in [0.717, 1.165) is 30.9 Å². The topological polar surface area (TPSA) is 31.0 Å². The molecule has 2 aliphatic heterocycles. The Morgan fingerprint density at radius 2 is 2.24 bits per heavy atom. The fourth-order valence-electron chi connectivity index (χ4n) is 2.08. The first-order valence-electron chi connectivity index (χ1n) is 6.19. The van der Waals surface area contributed by atoms with Crippen LogP contribution in [-0.2, 0) is 11.2 Å². The van der Waals surface area contributed by atoms with Gasteiger partial charge in [-0.15, -0.1) is 0 Å². The maximum Gasteiger partial charge on any atom is 0.123 e. The van der Waals surface area contributed by atoms with E-state index in [1.165, 1.54) is 5.56 Å². The maximum absolute atomic E-state index is 5.93. The van der Waals surface area contributed by atoms with Crippen LogP contribution in [0.1, 0.15) is 25.8 Å². The summed E-state index contributed by atoms with van der Waals surface area (Å²) >= 11 is 0. The standard InChI is InChI=1S/C14H18O3/c1-14(2)6-5-10-7-11(3-4-13(10)17-14)15-8-12-9-16-12/h3-4,7,12H,5-6,8-9H2,1-2H3. The van der Waals surface area contributed by atoms with Crippen LogP contribution in [0.15, 0.2) is 18.2 Å². The van der Waals surface area contributed by atoms with Crippen molar-refractivity contribution in [3.63, 3.8) is 0 Å². The van der Waals surface area contributed by atoms with Crippen molar-refractivity contribution in [3.05, 3.63) is 23.8 Å². The Hall–Kier alpha value is -1.22. The third-order valence-electron chi connectivity index (χ3n) is 3.25. The van der Waals surface area contributed by atoms with Crippen molar-refractivity contribution < 1.29 is 14.2 Å². The molecule has 0 N–H and O–H groups in total. The molecule has 0 radical (unpaired) electrons.